The van der Waals surface area contributed by atoms with Crippen LogP contribution in [0.15, 0.2) is 42.1 Å². The number of carbonyl (C=O) groups is 2. The van der Waals surface area contributed by atoms with E-state index in [4.69, 9.17) is 0 Å². The molecule has 0 radical (unpaired) electrons. The molecule has 0 heterocycles. The van der Waals surface area contributed by atoms with E-state index < -0.39 is 11.8 Å². The molecule has 0 aromatic heterocycles. The summed E-state index contributed by atoms with van der Waals surface area (Å²) in [6.07, 6.45) is 2.59. The van der Waals surface area contributed by atoms with Crippen LogP contribution in [0.2, 0.25) is 0 Å². The summed E-state index contributed by atoms with van der Waals surface area (Å²) in [5, 5.41) is 2.65. The van der Waals surface area contributed by atoms with E-state index in [1.54, 1.807) is 0 Å². The Kier molecular flexibility index (Phi) is 6.29. The molecule has 108 valence electrons. The first-order valence-corrected chi connectivity index (χ1v) is 6.65. The van der Waals surface area contributed by atoms with Gasteiger partial charge in [0, 0.05) is 5.70 Å². The summed E-state index contributed by atoms with van der Waals surface area (Å²) in [6, 6.07) is 9.25. The van der Waals surface area contributed by atoms with Crippen LogP contribution in [0, 0.1) is 0 Å². The van der Waals surface area contributed by atoms with E-state index in [-0.39, 0.29) is 6.04 Å². The zero-order valence-corrected chi connectivity index (χ0v) is 12.1. The van der Waals surface area contributed by atoms with Gasteiger partial charge in [0.15, 0.2) is 0 Å². The molecule has 1 atom stereocenters. The fourth-order valence-electron chi connectivity index (χ4n) is 1.65. The predicted molar refractivity (Wildman–Crippen MR) is 78.3 cm³/mol. The van der Waals surface area contributed by atoms with Gasteiger partial charge in [-0.3, -0.25) is 15.0 Å². The third-order valence-corrected chi connectivity index (χ3v) is 2.92. The smallest absolute Gasteiger partial charge is 0.327 e. The largest absolute Gasteiger partial charge is 0.341 e. The van der Waals surface area contributed by atoms with Crippen molar-refractivity contribution in [3.63, 3.8) is 0 Å². The molecule has 0 bridgehead atoms. The Labute approximate surface area is 119 Å². The molecular weight excluding hydrogens is 254 g/mol. The summed E-state index contributed by atoms with van der Waals surface area (Å²) >= 11 is 0. The van der Waals surface area contributed by atoms with Crippen molar-refractivity contribution in [2.45, 2.75) is 33.2 Å². The molecule has 0 fully saturated rings. The summed E-state index contributed by atoms with van der Waals surface area (Å²) in [6.45, 7) is 5.64. The van der Waals surface area contributed by atoms with Crippen LogP contribution in [0.4, 0.5) is 0 Å². The minimum absolute atomic E-state index is 0.221. The predicted octanol–water partition coefficient (Wildman–Crippen LogP) is 1.80. The molecular formula is C15H21N3O2. The Morgan fingerprint density at radius 2 is 1.80 bits per heavy atom. The third-order valence-electron chi connectivity index (χ3n) is 2.92. The number of hydrogen-bond acceptors (Lipinski definition) is 3. The molecule has 2 amide bonds. The number of benzene rings is 1. The molecule has 1 aromatic rings. The van der Waals surface area contributed by atoms with Gasteiger partial charge in [-0.25, -0.2) is 0 Å². The maximum Gasteiger partial charge on any atom is 0.327 e. The highest BCUT2D eigenvalue weighted by Crippen LogP contribution is 2.10. The standard InChI is InChI=1S/C15H21N3O2/c1-4-13(5-2)17-18-15(20)14(19)16-11(3)12-9-7-6-8-10-12/h4,6-11,17H,5H2,1-3H3,(H,16,19)(H,18,20)/b13-4-/t11-/m1/s1. The number of amides is 2. The highest BCUT2D eigenvalue weighted by atomic mass is 16.2. The molecule has 0 aliphatic rings. The number of allylic oxidation sites excluding steroid dienone is 2. The van der Waals surface area contributed by atoms with Crippen molar-refractivity contribution in [3.8, 4) is 0 Å². The maximum absolute atomic E-state index is 11.7. The van der Waals surface area contributed by atoms with Gasteiger partial charge < -0.3 is 10.7 Å². The van der Waals surface area contributed by atoms with Gasteiger partial charge in [-0.1, -0.05) is 43.3 Å². The zero-order chi connectivity index (χ0) is 15.0. The highest BCUT2D eigenvalue weighted by Gasteiger charge is 2.16. The van der Waals surface area contributed by atoms with E-state index in [0.29, 0.717) is 0 Å². The molecule has 0 aliphatic carbocycles. The van der Waals surface area contributed by atoms with Crippen molar-refractivity contribution >= 4 is 11.8 Å². The summed E-state index contributed by atoms with van der Waals surface area (Å²) in [4.78, 5) is 23.4. The maximum atomic E-state index is 11.7. The van der Waals surface area contributed by atoms with E-state index in [0.717, 1.165) is 17.7 Å². The Bertz CT molecular complexity index is 483. The number of hydrazine groups is 1. The molecule has 3 N–H and O–H groups in total. The molecule has 0 saturated carbocycles. The van der Waals surface area contributed by atoms with E-state index in [1.165, 1.54) is 0 Å². The normalized spacial score (nSPS) is 12.4. The van der Waals surface area contributed by atoms with Gasteiger partial charge in [-0.05, 0) is 25.8 Å². The molecule has 0 saturated heterocycles. The van der Waals surface area contributed by atoms with Crippen LogP contribution in [0.5, 0.6) is 0 Å². The number of rotatable bonds is 5. The van der Waals surface area contributed by atoms with Crippen molar-refractivity contribution in [2.24, 2.45) is 0 Å². The summed E-state index contributed by atoms with van der Waals surface area (Å²) in [5.41, 5.74) is 6.88. The molecule has 1 rings (SSSR count). The van der Waals surface area contributed by atoms with Crippen molar-refractivity contribution < 1.29 is 9.59 Å². The molecule has 0 spiro atoms. The van der Waals surface area contributed by atoms with Gasteiger partial charge in [0.05, 0.1) is 6.04 Å². The van der Waals surface area contributed by atoms with Crippen molar-refractivity contribution in [3.05, 3.63) is 47.7 Å². The SMILES string of the molecule is C/C=C(/CC)NNC(=O)C(=O)N[C@H](C)c1ccccc1. The van der Waals surface area contributed by atoms with E-state index >= 15 is 0 Å². The topological polar surface area (TPSA) is 70.2 Å². The average Bonchev–Trinajstić information content (AvgIpc) is 2.48. The van der Waals surface area contributed by atoms with Crippen LogP contribution in [0.1, 0.15) is 38.8 Å². The zero-order valence-electron chi connectivity index (χ0n) is 12.1. The van der Waals surface area contributed by atoms with Crippen LogP contribution in [-0.2, 0) is 9.59 Å². The van der Waals surface area contributed by atoms with Gasteiger partial charge in [-0.2, -0.15) is 0 Å². The lowest BCUT2D eigenvalue weighted by Crippen LogP contribution is -2.46. The molecule has 0 unspecified atom stereocenters. The van der Waals surface area contributed by atoms with Crippen LogP contribution < -0.4 is 16.2 Å². The first kappa shape index (κ1) is 15.8. The molecule has 5 nitrogen and oxygen atoms in total. The van der Waals surface area contributed by atoms with Gasteiger partial charge in [0.25, 0.3) is 0 Å². The first-order valence-electron chi connectivity index (χ1n) is 6.65. The van der Waals surface area contributed by atoms with Crippen molar-refractivity contribution in [1.29, 1.82) is 0 Å². The lowest BCUT2D eigenvalue weighted by Gasteiger charge is -2.15. The van der Waals surface area contributed by atoms with Gasteiger partial charge in [0.1, 0.15) is 0 Å². The van der Waals surface area contributed by atoms with E-state index in [1.807, 2.05) is 57.2 Å². The fraction of sp³-hybridized carbons (Fsp3) is 0.333. The third kappa shape index (κ3) is 4.76. The van der Waals surface area contributed by atoms with Gasteiger partial charge in [0.2, 0.25) is 0 Å². The Morgan fingerprint density at radius 3 is 2.35 bits per heavy atom. The van der Waals surface area contributed by atoms with Crippen LogP contribution >= 0.6 is 0 Å². The highest BCUT2D eigenvalue weighted by molar-refractivity contribution is 6.35. The summed E-state index contributed by atoms with van der Waals surface area (Å²) in [7, 11) is 0. The minimum Gasteiger partial charge on any atom is -0.341 e. The van der Waals surface area contributed by atoms with E-state index in [9.17, 15) is 9.59 Å². The van der Waals surface area contributed by atoms with Crippen LogP contribution in [0.3, 0.4) is 0 Å². The lowest BCUT2D eigenvalue weighted by molar-refractivity contribution is -0.140. The average molecular weight is 275 g/mol. The van der Waals surface area contributed by atoms with E-state index in [2.05, 4.69) is 16.2 Å². The summed E-state index contributed by atoms with van der Waals surface area (Å²) < 4.78 is 0. The molecule has 5 heteroatoms. The Hall–Kier alpha value is -2.30. The number of nitrogens with one attached hydrogen (secondary N) is 3. The number of carbonyl (C=O) groups excluding carboxylic acids is 2. The van der Waals surface area contributed by atoms with Crippen LogP contribution in [-0.4, -0.2) is 11.8 Å². The second kappa shape index (κ2) is 7.99. The Balaban J connectivity index is 2.48. The quantitative estimate of drug-likeness (QED) is 0.567. The minimum atomic E-state index is -0.708. The molecule has 1 aromatic carbocycles. The lowest BCUT2D eigenvalue weighted by atomic mass is 10.1. The molecule has 0 aliphatic heterocycles. The number of hydrogen-bond donors (Lipinski definition) is 3. The second-order valence-corrected chi connectivity index (χ2v) is 4.35. The fourth-order valence-corrected chi connectivity index (χ4v) is 1.65. The monoisotopic (exact) mass is 275 g/mol. The van der Waals surface area contributed by atoms with Gasteiger partial charge >= 0.3 is 11.8 Å². The summed E-state index contributed by atoms with van der Waals surface area (Å²) in [5.74, 6) is -1.37. The van der Waals surface area contributed by atoms with Crippen LogP contribution in [0.25, 0.3) is 0 Å². The Morgan fingerprint density at radius 1 is 1.15 bits per heavy atom. The van der Waals surface area contributed by atoms with Crippen molar-refractivity contribution in [1.82, 2.24) is 16.2 Å². The second-order valence-electron chi connectivity index (χ2n) is 4.35. The first-order chi connectivity index (χ1) is 9.58. The van der Waals surface area contributed by atoms with Gasteiger partial charge in [-0.15, -0.1) is 0 Å². The molecule has 20 heavy (non-hydrogen) atoms. The van der Waals surface area contributed by atoms with Crippen molar-refractivity contribution in [2.75, 3.05) is 0 Å².